The molecule has 1 aliphatic rings. The van der Waals surface area contributed by atoms with Crippen molar-refractivity contribution in [3.63, 3.8) is 0 Å². The van der Waals surface area contributed by atoms with Crippen LogP contribution in [0.2, 0.25) is 0 Å². The first kappa shape index (κ1) is 11.9. The normalized spacial score (nSPS) is 33.0. The van der Waals surface area contributed by atoms with Crippen molar-refractivity contribution in [2.45, 2.75) is 43.6 Å². The predicted octanol–water partition coefficient (Wildman–Crippen LogP) is 1.75. The van der Waals surface area contributed by atoms with E-state index in [4.69, 9.17) is 5.73 Å². The fraction of sp³-hybridized carbons (Fsp3) is 0.538. The molecule has 0 bridgehead atoms. The summed E-state index contributed by atoms with van der Waals surface area (Å²) >= 11 is 0. The number of hydrogen-bond acceptors (Lipinski definition) is 4. The first-order valence-corrected chi connectivity index (χ1v) is 5.83. The first-order chi connectivity index (χ1) is 7.97. The zero-order valence-electron chi connectivity index (χ0n) is 9.98. The van der Waals surface area contributed by atoms with Crippen molar-refractivity contribution in [2.75, 3.05) is 5.73 Å². The van der Waals surface area contributed by atoms with Crippen molar-refractivity contribution < 1.29 is 5.11 Å². The monoisotopic (exact) mass is 231 g/mol. The molecule has 3 N–H and O–H groups in total. The van der Waals surface area contributed by atoms with Gasteiger partial charge in [0.05, 0.1) is 34.7 Å². The molecule has 0 atom stereocenters. The van der Waals surface area contributed by atoms with Gasteiger partial charge in [0, 0.05) is 0 Å². The number of aliphatic hydroxyl groups is 1. The largest absolute Gasteiger partial charge is 0.397 e. The van der Waals surface area contributed by atoms with Gasteiger partial charge in [-0.3, -0.25) is 4.98 Å². The molecule has 1 fully saturated rings. The second kappa shape index (κ2) is 4.01. The second-order valence-corrected chi connectivity index (χ2v) is 5.17. The lowest BCUT2D eigenvalue weighted by atomic mass is 9.68. The number of aromatic nitrogens is 1. The van der Waals surface area contributed by atoms with E-state index in [1.54, 1.807) is 12.3 Å². The molecular formula is C13H17N3O. The van der Waals surface area contributed by atoms with E-state index in [1.165, 1.54) is 0 Å². The summed E-state index contributed by atoms with van der Waals surface area (Å²) in [6, 6.07) is 5.97. The Balaban J connectivity index is 2.28. The smallest absolute Gasteiger partial charge is 0.0995 e. The lowest BCUT2D eigenvalue weighted by Crippen LogP contribution is -2.39. The van der Waals surface area contributed by atoms with Crippen molar-refractivity contribution in [3.8, 4) is 6.07 Å². The van der Waals surface area contributed by atoms with Gasteiger partial charge in [-0.05, 0) is 44.7 Å². The summed E-state index contributed by atoms with van der Waals surface area (Å²) < 4.78 is 0. The minimum atomic E-state index is -0.645. The van der Waals surface area contributed by atoms with E-state index in [9.17, 15) is 10.4 Å². The molecule has 1 aromatic heterocycles. The second-order valence-electron chi connectivity index (χ2n) is 5.17. The molecule has 1 heterocycles. The topological polar surface area (TPSA) is 82.9 Å². The standard InChI is InChI=1S/C13H17N3O/c1-12(17)4-6-13(9-14,7-5-12)11-3-2-10(15)8-16-11/h2-3,8,17H,4-7,15H2,1H3/t12-,13+. The lowest BCUT2D eigenvalue weighted by Gasteiger charge is -2.37. The SMILES string of the molecule is C[C@]1(O)CC[C@@](C#N)(c2ccc(N)cn2)CC1. The molecule has 90 valence electrons. The fourth-order valence-electron chi connectivity index (χ4n) is 2.33. The van der Waals surface area contributed by atoms with Gasteiger partial charge in [-0.15, -0.1) is 0 Å². The molecule has 0 amide bonds. The summed E-state index contributed by atoms with van der Waals surface area (Å²) in [5.74, 6) is 0. The van der Waals surface area contributed by atoms with Crippen LogP contribution >= 0.6 is 0 Å². The Morgan fingerprint density at radius 1 is 1.35 bits per heavy atom. The van der Waals surface area contributed by atoms with Crippen LogP contribution in [0.4, 0.5) is 5.69 Å². The van der Waals surface area contributed by atoms with Crippen LogP contribution in [0.5, 0.6) is 0 Å². The molecule has 2 rings (SSSR count). The van der Waals surface area contributed by atoms with Gasteiger partial charge in [0.25, 0.3) is 0 Å². The molecule has 17 heavy (non-hydrogen) atoms. The zero-order valence-corrected chi connectivity index (χ0v) is 9.98. The summed E-state index contributed by atoms with van der Waals surface area (Å²) in [6.07, 6.45) is 4.14. The van der Waals surface area contributed by atoms with Gasteiger partial charge in [-0.1, -0.05) is 0 Å². The van der Waals surface area contributed by atoms with Crippen molar-refractivity contribution >= 4 is 5.69 Å². The van der Waals surface area contributed by atoms with Crippen LogP contribution in [0.1, 0.15) is 38.3 Å². The number of anilines is 1. The molecule has 1 aromatic rings. The van der Waals surface area contributed by atoms with Gasteiger partial charge in [-0.2, -0.15) is 5.26 Å². The Morgan fingerprint density at radius 3 is 2.47 bits per heavy atom. The Labute approximate surface area is 101 Å². The Kier molecular flexibility index (Phi) is 2.80. The molecule has 0 aromatic carbocycles. The van der Waals surface area contributed by atoms with Crippen molar-refractivity contribution in [1.29, 1.82) is 5.26 Å². The van der Waals surface area contributed by atoms with E-state index < -0.39 is 11.0 Å². The van der Waals surface area contributed by atoms with Crippen LogP contribution in [0.15, 0.2) is 18.3 Å². The number of hydrogen-bond donors (Lipinski definition) is 2. The third kappa shape index (κ3) is 2.25. The van der Waals surface area contributed by atoms with E-state index in [1.807, 2.05) is 13.0 Å². The van der Waals surface area contributed by atoms with Crippen LogP contribution in [0.25, 0.3) is 0 Å². The number of pyridine rings is 1. The fourth-order valence-corrected chi connectivity index (χ4v) is 2.33. The molecule has 0 spiro atoms. The molecule has 1 saturated carbocycles. The number of rotatable bonds is 1. The highest BCUT2D eigenvalue weighted by molar-refractivity contribution is 5.38. The summed E-state index contributed by atoms with van der Waals surface area (Å²) in [6.45, 7) is 1.82. The maximum Gasteiger partial charge on any atom is 0.0995 e. The van der Waals surface area contributed by atoms with Crippen LogP contribution < -0.4 is 5.73 Å². The molecular weight excluding hydrogens is 214 g/mol. The highest BCUT2D eigenvalue weighted by atomic mass is 16.3. The van der Waals surface area contributed by atoms with Crippen LogP contribution in [-0.2, 0) is 5.41 Å². The minimum absolute atomic E-state index is 0.560. The molecule has 4 nitrogen and oxygen atoms in total. The van der Waals surface area contributed by atoms with E-state index in [0.29, 0.717) is 31.4 Å². The Bertz CT molecular complexity index is 435. The van der Waals surface area contributed by atoms with Gasteiger partial charge < -0.3 is 10.8 Å². The first-order valence-electron chi connectivity index (χ1n) is 5.83. The Hall–Kier alpha value is -1.60. The van der Waals surface area contributed by atoms with Crippen molar-refractivity contribution in [3.05, 3.63) is 24.0 Å². The molecule has 0 aliphatic heterocycles. The quantitative estimate of drug-likeness (QED) is 0.771. The zero-order chi connectivity index (χ0) is 12.5. The van der Waals surface area contributed by atoms with Crippen molar-refractivity contribution in [2.24, 2.45) is 0 Å². The lowest BCUT2D eigenvalue weighted by molar-refractivity contribution is 0.00802. The van der Waals surface area contributed by atoms with Gasteiger partial charge in [-0.25, -0.2) is 0 Å². The number of nitrogen functional groups attached to an aromatic ring is 1. The van der Waals surface area contributed by atoms with Gasteiger partial charge in [0.2, 0.25) is 0 Å². The number of nitriles is 1. The maximum absolute atomic E-state index is 9.94. The highest BCUT2D eigenvalue weighted by Gasteiger charge is 2.41. The summed E-state index contributed by atoms with van der Waals surface area (Å²) in [7, 11) is 0. The average Bonchev–Trinajstić information content (AvgIpc) is 2.31. The number of nitrogens with two attached hydrogens (primary N) is 1. The van der Waals surface area contributed by atoms with E-state index >= 15 is 0 Å². The van der Waals surface area contributed by atoms with E-state index in [2.05, 4.69) is 11.1 Å². The molecule has 4 heteroatoms. The van der Waals surface area contributed by atoms with Gasteiger partial charge in [0.15, 0.2) is 0 Å². The highest BCUT2D eigenvalue weighted by Crippen LogP contribution is 2.41. The minimum Gasteiger partial charge on any atom is -0.397 e. The van der Waals surface area contributed by atoms with E-state index in [0.717, 1.165) is 5.69 Å². The molecule has 0 unspecified atom stereocenters. The maximum atomic E-state index is 9.94. The molecule has 1 aliphatic carbocycles. The van der Waals surface area contributed by atoms with Crippen molar-refractivity contribution in [1.82, 2.24) is 4.98 Å². The average molecular weight is 231 g/mol. The summed E-state index contributed by atoms with van der Waals surface area (Å²) in [4.78, 5) is 4.26. The third-order valence-corrected chi connectivity index (χ3v) is 3.67. The van der Waals surface area contributed by atoms with Gasteiger partial charge in [0.1, 0.15) is 0 Å². The van der Waals surface area contributed by atoms with Crippen LogP contribution in [-0.4, -0.2) is 15.7 Å². The van der Waals surface area contributed by atoms with Gasteiger partial charge >= 0.3 is 0 Å². The van der Waals surface area contributed by atoms with E-state index in [-0.39, 0.29) is 0 Å². The third-order valence-electron chi connectivity index (χ3n) is 3.67. The molecule has 0 saturated heterocycles. The summed E-state index contributed by atoms with van der Waals surface area (Å²) in [5, 5.41) is 19.4. The number of nitrogens with zero attached hydrogens (tertiary/aromatic N) is 2. The van der Waals surface area contributed by atoms with Crippen LogP contribution in [0.3, 0.4) is 0 Å². The predicted molar refractivity (Wildman–Crippen MR) is 65.0 cm³/mol. The molecule has 0 radical (unpaired) electrons. The van der Waals surface area contributed by atoms with Crippen LogP contribution in [0, 0.1) is 11.3 Å². The summed E-state index contributed by atoms with van der Waals surface area (Å²) in [5.41, 5.74) is 5.76. The Morgan fingerprint density at radius 2 is 2.00 bits per heavy atom.